The molecular weight excluding hydrogens is 861 g/mol. The molecule has 0 radical (unpaired) electrons. The number of aliphatic hydroxyl groups is 2. The van der Waals surface area contributed by atoms with Crippen LogP contribution in [-0.4, -0.2) is 93.1 Å². The van der Waals surface area contributed by atoms with Crippen LogP contribution in [0.3, 0.4) is 0 Å². The number of fused-ring (bicyclic) bond motifs is 3. The van der Waals surface area contributed by atoms with E-state index in [1.807, 2.05) is 121 Å². The second-order valence-electron chi connectivity index (χ2n) is 18.5. The molecule has 8 rings (SSSR count). The number of nitrogens with zero attached hydrogens (tertiary/aromatic N) is 3. The zero-order valence-corrected chi connectivity index (χ0v) is 40.3. The molecular formula is C54H64N4O8Si. The lowest BCUT2D eigenvalue weighted by Crippen LogP contribution is -2.52. The van der Waals surface area contributed by atoms with Crippen LogP contribution in [0.5, 0.6) is 11.5 Å². The molecule has 67 heavy (non-hydrogen) atoms. The number of hydrogen-bond donors (Lipinski definition) is 3. The van der Waals surface area contributed by atoms with Gasteiger partial charge >= 0.3 is 0 Å². The van der Waals surface area contributed by atoms with Crippen molar-refractivity contribution in [2.24, 2.45) is 5.92 Å². The summed E-state index contributed by atoms with van der Waals surface area (Å²) in [6.45, 7) is 10.4. The summed E-state index contributed by atoms with van der Waals surface area (Å²) >= 11 is 0. The quantitative estimate of drug-likeness (QED) is 0.0579. The molecule has 5 aromatic carbocycles. The SMILES string of the molecule is CCOc1ccc2c(c1)CC(NCCCCO)C(=O)N2c1cccc(CN2C(=O)[C@]3(O[C@H](CC(=O)N(CCO)Cc4ccccc4)[C@@H]([Si](C)(C)c4ccc(OC)cc4)[C@@H]3C)c3ccccc32)c1. The fourth-order valence-electron chi connectivity index (χ4n) is 10.8. The topological polar surface area (TPSA) is 141 Å². The molecule has 0 aromatic heterocycles. The Morgan fingerprint density at radius 3 is 2.33 bits per heavy atom. The van der Waals surface area contributed by atoms with Crippen LogP contribution >= 0.6 is 0 Å². The van der Waals surface area contributed by atoms with E-state index in [2.05, 4.69) is 37.5 Å². The molecule has 1 fully saturated rings. The highest BCUT2D eigenvalue weighted by atomic mass is 28.3. The van der Waals surface area contributed by atoms with Gasteiger partial charge in [-0.25, -0.2) is 0 Å². The number of hydrogen-bond acceptors (Lipinski definition) is 9. The van der Waals surface area contributed by atoms with Gasteiger partial charge in [-0.05, 0) is 103 Å². The van der Waals surface area contributed by atoms with Gasteiger partial charge in [-0.2, -0.15) is 0 Å². The van der Waals surface area contributed by atoms with Crippen molar-refractivity contribution in [3.63, 3.8) is 0 Å². The number of anilines is 3. The van der Waals surface area contributed by atoms with E-state index in [-0.39, 0.29) is 61.9 Å². The van der Waals surface area contributed by atoms with Gasteiger partial charge in [0.05, 0.1) is 64.9 Å². The minimum Gasteiger partial charge on any atom is -0.497 e. The largest absolute Gasteiger partial charge is 0.497 e. The highest BCUT2D eigenvalue weighted by Crippen LogP contribution is 2.60. The number of benzene rings is 5. The van der Waals surface area contributed by atoms with Gasteiger partial charge in [-0.1, -0.05) is 98.0 Å². The number of unbranched alkanes of at least 4 members (excludes halogenated alkanes) is 1. The summed E-state index contributed by atoms with van der Waals surface area (Å²) < 4.78 is 18.7. The fraction of sp³-hybridized carbons (Fsp3) is 0.389. The maximum absolute atomic E-state index is 15.7. The van der Waals surface area contributed by atoms with Crippen molar-refractivity contribution >= 4 is 48.0 Å². The van der Waals surface area contributed by atoms with E-state index in [9.17, 15) is 19.8 Å². The van der Waals surface area contributed by atoms with Crippen molar-refractivity contribution in [3.05, 3.63) is 144 Å². The van der Waals surface area contributed by atoms with Crippen LogP contribution in [0, 0.1) is 5.92 Å². The summed E-state index contributed by atoms with van der Waals surface area (Å²) in [5.74, 6) is 0.759. The number of ether oxygens (including phenoxy) is 3. The Balaban J connectivity index is 1.14. The third kappa shape index (κ3) is 9.40. The minimum absolute atomic E-state index is 0.0440. The third-order valence-electron chi connectivity index (χ3n) is 14.1. The molecule has 0 aliphatic carbocycles. The number of amides is 3. The standard InChI is InChI=1S/C54H64N4O8Si/c1-6-65-43-23-26-47-40(32-43)33-46(55-27-12-13-29-59)52(62)58(47)41-18-14-17-39(31-41)36-57-48-20-11-10-19-45(48)54(53(57)63)37(2)51(67(4,5)44-24-21-42(64-3)22-25-44)49(66-54)34-50(61)56(28-30-60)35-38-15-8-7-9-16-38/h7-11,14-26,31-32,37,46,49,51,55,59-60H,6,12-13,27-30,33-36H2,1-5H3/t37-,46?,49+,51-,54+/m0/s1. The fourth-order valence-corrected chi connectivity index (χ4v) is 14.9. The molecule has 1 unspecified atom stereocenters. The van der Waals surface area contributed by atoms with Gasteiger partial charge in [0.1, 0.15) is 11.5 Å². The lowest BCUT2D eigenvalue weighted by atomic mass is 9.82. The molecule has 3 heterocycles. The normalized spacial score (nSPS) is 21.1. The van der Waals surface area contributed by atoms with Crippen molar-refractivity contribution in [1.82, 2.24) is 10.2 Å². The van der Waals surface area contributed by atoms with Crippen LogP contribution in [0.25, 0.3) is 0 Å². The summed E-state index contributed by atoms with van der Waals surface area (Å²) in [5, 5.41) is 24.1. The zero-order valence-electron chi connectivity index (χ0n) is 39.3. The monoisotopic (exact) mass is 924 g/mol. The zero-order chi connectivity index (χ0) is 47.3. The van der Waals surface area contributed by atoms with Crippen LogP contribution in [0.15, 0.2) is 121 Å². The number of carbonyl (C=O) groups excluding carboxylic acids is 3. The molecule has 13 heteroatoms. The second-order valence-corrected chi connectivity index (χ2v) is 23.2. The molecule has 1 saturated heterocycles. The Bertz CT molecular complexity index is 2540. The van der Waals surface area contributed by atoms with E-state index in [4.69, 9.17) is 14.2 Å². The first-order chi connectivity index (χ1) is 32.4. The van der Waals surface area contributed by atoms with Gasteiger partial charge in [0, 0.05) is 36.9 Å². The van der Waals surface area contributed by atoms with E-state index in [1.54, 1.807) is 16.9 Å². The number of aliphatic hydroxyl groups excluding tert-OH is 2. The lowest BCUT2D eigenvalue weighted by Gasteiger charge is -2.37. The summed E-state index contributed by atoms with van der Waals surface area (Å²) in [6, 6.07) is 38.9. The Hall–Kier alpha value is -5.83. The Kier molecular flexibility index (Phi) is 14.6. The van der Waals surface area contributed by atoms with Crippen LogP contribution in [0.2, 0.25) is 18.6 Å². The van der Waals surface area contributed by atoms with Crippen molar-refractivity contribution in [2.45, 2.75) is 89.0 Å². The summed E-state index contributed by atoms with van der Waals surface area (Å²) in [6.07, 6.45) is 1.33. The number of rotatable bonds is 19. The van der Waals surface area contributed by atoms with Crippen LogP contribution < -0.4 is 29.8 Å². The van der Waals surface area contributed by atoms with Gasteiger partial charge in [0.25, 0.3) is 5.91 Å². The van der Waals surface area contributed by atoms with E-state index >= 15 is 4.79 Å². The van der Waals surface area contributed by atoms with Crippen LogP contribution in [-0.2, 0) is 44.2 Å². The van der Waals surface area contributed by atoms with E-state index < -0.39 is 25.8 Å². The number of nitrogens with one attached hydrogen (secondary N) is 1. The summed E-state index contributed by atoms with van der Waals surface area (Å²) in [5.41, 5.74) is 4.22. The summed E-state index contributed by atoms with van der Waals surface area (Å²) in [7, 11) is -0.916. The number of carbonyl (C=O) groups is 3. The van der Waals surface area contributed by atoms with Gasteiger partial charge in [-0.15, -0.1) is 0 Å². The van der Waals surface area contributed by atoms with Crippen molar-refractivity contribution in [2.75, 3.05) is 49.8 Å². The molecule has 5 aromatic rings. The van der Waals surface area contributed by atoms with E-state index in [0.717, 1.165) is 56.7 Å². The molecule has 12 nitrogen and oxygen atoms in total. The van der Waals surface area contributed by atoms with Gasteiger partial charge in [0.15, 0.2) is 5.60 Å². The summed E-state index contributed by atoms with van der Waals surface area (Å²) in [4.78, 5) is 49.9. The molecule has 1 spiro atoms. The average molecular weight is 925 g/mol. The van der Waals surface area contributed by atoms with Crippen LogP contribution in [0.1, 0.15) is 55.4 Å². The third-order valence-corrected chi connectivity index (χ3v) is 18.4. The predicted molar refractivity (Wildman–Crippen MR) is 264 cm³/mol. The second kappa shape index (κ2) is 20.6. The smallest absolute Gasteiger partial charge is 0.264 e. The maximum Gasteiger partial charge on any atom is 0.264 e. The van der Waals surface area contributed by atoms with Crippen molar-refractivity contribution in [1.29, 1.82) is 0 Å². The highest BCUT2D eigenvalue weighted by molar-refractivity contribution is 6.91. The van der Waals surface area contributed by atoms with Crippen molar-refractivity contribution < 1.29 is 38.8 Å². The van der Waals surface area contributed by atoms with Gasteiger partial charge in [-0.3, -0.25) is 19.3 Å². The first kappa shape index (κ1) is 47.7. The predicted octanol–water partition coefficient (Wildman–Crippen LogP) is 7.22. The Morgan fingerprint density at radius 1 is 0.866 bits per heavy atom. The first-order valence-electron chi connectivity index (χ1n) is 23.6. The molecule has 3 N–H and O–H groups in total. The number of methoxy groups -OCH3 is 1. The molecule has 352 valence electrons. The molecule has 3 aliphatic rings. The highest BCUT2D eigenvalue weighted by Gasteiger charge is 2.66. The van der Waals surface area contributed by atoms with Crippen molar-refractivity contribution in [3.8, 4) is 11.5 Å². The maximum atomic E-state index is 15.7. The Morgan fingerprint density at radius 2 is 1.60 bits per heavy atom. The molecule has 0 bridgehead atoms. The molecule has 5 atom stereocenters. The number of para-hydroxylation sites is 1. The molecule has 0 saturated carbocycles. The van der Waals surface area contributed by atoms with E-state index in [0.29, 0.717) is 38.2 Å². The average Bonchev–Trinajstić information content (AvgIpc) is 3.76. The van der Waals surface area contributed by atoms with Crippen LogP contribution in [0.4, 0.5) is 17.1 Å². The Labute approximate surface area is 395 Å². The molecule has 3 amide bonds. The molecule has 3 aliphatic heterocycles. The van der Waals surface area contributed by atoms with Gasteiger partial charge in [0.2, 0.25) is 11.8 Å². The van der Waals surface area contributed by atoms with E-state index in [1.165, 1.54) is 0 Å². The lowest BCUT2D eigenvalue weighted by molar-refractivity contribution is -0.150. The first-order valence-corrected chi connectivity index (χ1v) is 26.7. The minimum atomic E-state index is -2.57. The van der Waals surface area contributed by atoms with Gasteiger partial charge < -0.3 is 39.5 Å².